The molecular formula is C18H20F3N3O3. The van der Waals surface area contributed by atoms with Crippen LogP contribution in [0.4, 0.5) is 13.2 Å². The van der Waals surface area contributed by atoms with Gasteiger partial charge in [-0.15, -0.1) is 0 Å². The minimum absolute atomic E-state index is 0.0248. The molecule has 1 aliphatic rings. The Balaban J connectivity index is 1.67. The molecule has 1 aromatic heterocycles. The molecule has 1 fully saturated rings. The van der Waals surface area contributed by atoms with E-state index in [0.29, 0.717) is 12.2 Å². The molecule has 1 aliphatic carbocycles. The van der Waals surface area contributed by atoms with Gasteiger partial charge in [0.05, 0.1) is 13.2 Å². The minimum Gasteiger partial charge on any atom is -0.329 e. The van der Waals surface area contributed by atoms with Crippen LogP contribution in [-0.2, 0) is 22.4 Å². The highest BCUT2D eigenvalue weighted by molar-refractivity contribution is 5.80. The molecule has 2 aromatic rings. The van der Waals surface area contributed by atoms with Gasteiger partial charge in [-0.25, -0.2) is 5.06 Å². The van der Waals surface area contributed by atoms with E-state index in [-0.39, 0.29) is 24.2 Å². The number of nitrogens with zero attached hydrogens (tertiary/aromatic N) is 3. The molecule has 0 bridgehead atoms. The Morgan fingerprint density at radius 2 is 2.00 bits per heavy atom. The zero-order valence-corrected chi connectivity index (χ0v) is 14.8. The van der Waals surface area contributed by atoms with Gasteiger partial charge in [0.2, 0.25) is 11.7 Å². The second-order valence-electron chi connectivity index (χ2n) is 6.45. The zero-order chi connectivity index (χ0) is 19.4. The average molecular weight is 383 g/mol. The molecular weight excluding hydrogens is 363 g/mol. The van der Waals surface area contributed by atoms with Crippen LogP contribution < -0.4 is 0 Å². The van der Waals surface area contributed by atoms with Crippen molar-refractivity contribution in [3.05, 3.63) is 35.7 Å². The van der Waals surface area contributed by atoms with E-state index < -0.39 is 12.1 Å². The number of amides is 1. The standard InChI is InChI=1S/C18H20F3N3O3/c1-2-3-10-26-24(16(25)14-8-9-14)11-12-4-6-13(7-5-12)15-22-17(27-23-15)18(19,20)21/h4-7,14H,2-3,8-11H2,1H3. The summed E-state index contributed by atoms with van der Waals surface area (Å²) in [5, 5.41) is 4.75. The van der Waals surface area contributed by atoms with Crippen LogP contribution in [-0.4, -0.2) is 27.7 Å². The first-order chi connectivity index (χ1) is 12.9. The van der Waals surface area contributed by atoms with E-state index in [1.807, 2.05) is 6.92 Å². The fraction of sp³-hybridized carbons (Fsp3) is 0.500. The Morgan fingerprint density at radius 1 is 1.30 bits per heavy atom. The summed E-state index contributed by atoms with van der Waals surface area (Å²) in [4.78, 5) is 21.3. The summed E-state index contributed by atoms with van der Waals surface area (Å²) in [5.74, 6) is -1.51. The van der Waals surface area contributed by atoms with Gasteiger partial charge >= 0.3 is 12.1 Å². The lowest BCUT2D eigenvalue weighted by Gasteiger charge is -2.22. The Morgan fingerprint density at radius 3 is 2.56 bits per heavy atom. The summed E-state index contributed by atoms with van der Waals surface area (Å²) in [6.45, 7) is 2.78. The van der Waals surface area contributed by atoms with Crippen molar-refractivity contribution in [2.75, 3.05) is 6.61 Å². The molecule has 0 saturated heterocycles. The highest BCUT2D eigenvalue weighted by Crippen LogP contribution is 2.32. The van der Waals surface area contributed by atoms with Crippen molar-refractivity contribution in [1.82, 2.24) is 15.2 Å². The van der Waals surface area contributed by atoms with Crippen molar-refractivity contribution in [3.8, 4) is 11.4 Å². The van der Waals surface area contributed by atoms with E-state index in [0.717, 1.165) is 31.2 Å². The Kier molecular flexibility index (Phi) is 5.79. The highest BCUT2D eigenvalue weighted by Gasteiger charge is 2.38. The number of halogens is 3. The molecule has 0 radical (unpaired) electrons. The SMILES string of the molecule is CCCCON(Cc1ccc(-c2noc(C(F)(F)F)n2)cc1)C(=O)C1CC1. The van der Waals surface area contributed by atoms with Crippen molar-refractivity contribution in [3.63, 3.8) is 0 Å². The van der Waals surface area contributed by atoms with E-state index in [1.54, 1.807) is 24.3 Å². The lowest BCUT2D eigenvalue weighted by Crippen LogP contribution is -2.32. The van der Waals surface area contributed by atoms with E-state index in [1.165, 1.54) is 5.06 Å². The van der Waals surface area contributed by atoms with E-state index in [4.69, 9.17) is 4.84 Å². The first-order valence-corrected chi connectivity index (χ1v) is 8.83. The van der Waals surface area contributed by atoms with E-state index >= 15 is 0 Å². The summed E-state index contributed by atoms with van der Waals surface area (Å²) in [7, 11) is 0. The highest BCUT2D eigenvalue weighted by atomic mass is 19.4. The van der Waals surface area contributed by atoms with Crippen LogP contribution in [0.2, 0.25) is 0 Å². The maximum atomic E-state index is 12.6. The number of carbonyl (C=O) groups is 1. The number of aromatic nitrogens is 2. The topological polar surface area (TPSA) is 68.5 Å². The molecule has 3 rings (SSSR count). The Hall–Kier alpha value is -2.42. The quantitative estimate of drug-likeness (QED) is 0.504. The molecule has 1 aromatic carbocycles. The first kappa shape index (κ1) is 19.3. The second kappa shape index (κ2) is 8.08. The summed E-state index contributed by atoms with van der Waals surface area (Å²) in [6.07, 6.45) is -1.10. The number of hydroxylamine groups is 2. The van der Waals surface area contributed by atoms with Crippen LogP contribution >= 0.6 is 0 Å². The minimum atomic E-state index is -4.68. The van der Waals surface area contributed by atoms with Gasteiger partial charge in [0, 0.05) is 11.5 Å². The number of unbranched alkanes of at least 4 members (excludes halogenated alkanes) is 1. The number of hydrogen-bond donors (Lipinski definition) is 0. The fourth-order valence-corrected chi connectivity index (χ4v) is 2.42. The molecule has 1 saturated carbocycles. The van der Waals surface area contributed by atoms with Gasteiger partial charge < -0.3 is 4.52 Å². The number of benzene rings is 1. The van der Waals surface area contributed by atoms with Crippen molar-refractivity contribution in [1.29, 1.82) is 0 Å². The zero-order valence-electron chi connectivity index (χ0n) is 14.8. The van der Waals surface area contributed by atoms with E-state index in [9.17, 15) is 18.0 Å². The van der Waals surface area contributed by atoms with Crippen LogP contribution in [0.25, 0.3) is 11.4 Å². The van der Waals surface area contributed by atoms with Crippen molar-refractivity contribution < 1.29 is 27.3 Å². The molecule has 0 aliphatic heterocycles. The Labute approximate surface area is 154 Å². The van der Waals surface area contributed by atoms with Gasteiger partial charge in [-0.05, 0) is 24.8 Å². The molecule has 0 unspecified atom stereocenters. The molecule has 27 heavy (non-hydrogen) atoms. The van der Waals surface area contributed by atoms with Gasteiger partial charge in [-0.2, -0.15) is 18.2 Å². The van der Waals surface area contributed by atoms with Crippen LogP contribution in [0.3, 0.4) is 0 Å². The lowest BCUT2D eigenvalue weighted by atomic mass is 10.1. The molecule has 1 amide bonds. The van der Waals surface area contributed by atoms with Gasteiger partial charge in [0.1, 0.15) is 0 Å². The molecule has 0 spiro atoms. The summed E-state index contributed by atoms with van der Waals surface area (Å²) >= 11 is 0. The van der Waals surface area contributed by atoms with Gasteiger partial charge in [-0.1, -0.05) is 42.8 Å². The molecule has 146 valence electrons. The Bertz CT molecular complexity index is 770. The summed E-state index contributed by atoms with van der Waals surface area (Å²) < 4.78 is 41.9. The molecule has 0 atom stereocenters. The number of hydrogen-bond acceptors (Lipinski definition) is 5. The smallest absolute Gasteiger partial charge is 0.329 e. The number of rotatable bonds is 8. The van der Waals surface area contributed by atoms with Crippen LogP contribution in [0, 0.1) is 5.92 Å². The maximum Gasteiger partial charge on any atom is 0.471 e. The first-order valence-electron chi connectivity index (χ1n) is 8.83. The van der Waals surface area contributed by atoms with Crippen LogP contribution in [0.15, 0.2) is 28.8 Å². The fourth-order valence-electron chi connectivity index (χ4n) is 2.42. The summed E-state index contributed by atoms with van der Waals surface area (Å²) in [5.41, 5.74) is 1.19. The normalized spacial score (nSPS) is 14.4. The second-order valence-corrected chi connectivity index (χ2v) is 6.45. The van der Waals surface area contributed by atoms with Crippen LogP contribution in [0.5, 0.6) is 0 Å². The van der Waals surface area contributed by atoms with Gasteiger partial charge in [-0.3, -0.25) is 9.63 Å². The third-order valence-corrected chi connectivity index (χ3v) is 4.12. The maximum absolute atomic E-state index is 12.6. The predicted octanol–water partition coefficient (Wildman–Crippen LogP) is 4.23. The molecule has 9 heteroatoms. The lowest BCUT2D eigenvalue weighted by molar-refractivity contribution is -0.192. The molecule has 1 heterocycles. The molecule has 6 nitrogen and oxygen atoms in total. The monoisotopic (exact) mass is 383 g/mol. The van der Waals surface area contributed by atoms with Crippen molar-refractivity contribution in [2.24, 2.45) is 5.92 Å². The number of carbonyl (C=O) groups excluding carboxylic acids is 1. The predicted molar refractivity (Wildman–Crippen MR) is 88.9 cm³/mol. The average Bonchev–Trinajstić information content (AvgIpc) is 3.36. The van der Waals surface area contributed by atoms with Gasteiger partial charge in [0.25, 0.3) is 0 Å². The van der Waals surface area contributed by atoms with E-state index in [2.05, 4.69) is 14.7 Å². The molecule has 0 N–H and O–H groups in total. The number of alkyl halides is 3. The third-order valence-electron chi connectivity index (χ3n) is 4.12. The van der Waals surface area contributed by atoms with Crippen molar-refractivity contribution >= 4 is 5.91 Å². The third kappa shape index (κ3) is 5.06. The van der Waals surface area contributed by atoms with Crippen LogP contribution in [0.1, 0.15) is 44.1 Å². The van der Waals surface area contributed by atoms with Crippen molar-refractivity contribution in [2.45, 2.75) is 45.3 Å². The van der Waals surface area contributed by atoms with Gasteiger partial charge in [0.15, 0.2) is 0 Å². The summed E-state index contributed by atoms with van der Waals surface area (Å²) in [6, 6.07) is 6.59. The largest absolute Gasteiger partial charge is 0.471 e.